The monoisotopic (exact) mass is 404 g/mol. The van der Waals surface area contributed by atoms with E-state index in [1.807, 2.05) is 54.6 Å². The van der Waals surface area contributed by atoms with Crippen LogP contribution in [0.5, 0.6) is 0 Å². The Bertz CT molecular complexity index is 1080. The zero-order chi connectivity index (χ0) is 19.2. The summed E-state index contributed by atoms with van der Waals surface area (Å²) < 4.78 is 2.25. The summed E-state index contributed by atoms with van der Waals surface area (Å²) in [6, 6.07) is 19.4. The van der Waals surface area contributed by atoms with E-state index in [-0.39, 0.29) is 5.91 Å². The predicted octanol–water partition coefficient (Wildman–Crippen LogP) is 4.75. The number of thioether (sulfide) groups is 1. The Morgan fingerprint density at radius 1 is 1.11 bits per heavy atom. The van der Waals surface area contributed by atoms with E-state index in [0.29, 0.717) is 5.56 Å². The summed E-state index contributed by atoms with van der Waals surface area (Å²) in [6.45, 7) is 0. The molecule has 0 atom stereocenters. The second-order valence-electron chi connectivity index (χ2n) is 5.92. The van der Waals surface area contributed by atoms with Gasteiger partial charge in [0, 0.05) is 29.3 Å². The van der Waals surface area contributed by atoms with Gasteiger partial charge in [0.15, 0.2) is 4.34 Å². The van der Waals surface area contributed by atoms with Crippen LogP contribution in [0.15, 0.2) is 82.5 Å². The van der Waals surface area contributed by atoms with E-state index in [0.717, 1.165) is 26.7 Å². The van der Waals surface area contributed by atoms with Crippen molar-refractivity contribution in [3.8, 4) is 0 Å². The molecule has 2 heterocycles. The zero-order valence-electron chi connectivity index (χ0n) is 14.8. The molecule has 1 amide bonds. The van der Waals surface area contributed by atoms with Crippen LogP contribution in [0.4, 0.5) is 0 Å². The van der Waals surface area contributed by atoms with E-state index in [2.05, 4.69) is 26.6 Å². The maximum Gasteiger partial charge on any atom is 0.271 e. The topological polar surface area (TPSA) is 67.2 Å². The molecule has 2 aromatic heterocycles. The van der Waals surface area contributed by atoms with E-state index in [1.165, 1.54) is 4.70 Å². The molecule has 0 aliphatic heterocycles. The van der Waals surface area contributed by atoms with Gasteiger partial charge in [-0.1, -0.05) is 42.1 Å². The fourth-order valence-electron chi connectivity index (χ4n) is 2.49. The summed E-state index contributed by atoms with van der Waals surface area (Å²) in [6.07, 6.45) is 4.92. The molecular weight excluding hydrogens is 388 g/mol. The number of aromatic nitrogens is 2. The van der Waals surface area contributed by atoms with Crippen molar-refractivity contribution < 1.29 is 4.79 Å². The van der Waals surface area contributed by atoms with Crippen molar-refractivity contribution in [2.45, 2.75) is 10.1 Å². The Morgan fingerprint density at radius 2 is 1.96 bits per heavy atom. The van der Waals surface area contributed by atoms with Gasteiger partial charge < -0.3 is 0 Å². The number of para-hydroxylation sites is 1. The molecule has 0 aliphatic rings. The Labute approximate surface area is 170 Å². The highest BCUT2D eigenvalue weighted by Gasteiger charge is 2.06. The number of fused-ring (bicyclic) bond motifs is 1. The molecule has 0 bridgehead atoms. The van der Waals surface area contributed by atoms with Gasteiger partial charge in [-0.25, -0.2) is 10.4 Å². The first-order valence-electron chi connectivity index (χ1n) is 8.59. The van der Waals surface area contributed by atoms with Crippen molar-refractivity contribution in [1.82, 2.24) is 15.4 Å². The molecule has 0 saturated heterocycles. The van der Waals surface area contributed by atoms with Crippen LogP contribution in [-0.2, 0) is 5.75 Å². The van der Waals surface area contributed by atoms with E-state index in [9.17, 15) is 4.79 Å². The standard InChI is InChI=1S/C21H16N4OS2/c26-20(25-23-13-16-4-3-11-22-12-16)17-9-7-15(8-10-17)14-27-21-24-18-5-1-2-6-19(18)28-21/h1-13H,14H2,(H,25,26). The minimum absolute atomic E-state index is 0.245. The first kappa shape index (κ1) is 18.3. The minimum Gasteiger partial charge on any atom is -0.267 e. The molecule has 0 fully saturated rings. The molecule has 2 aromatic carbocycles. The summed E-state index contributed by atoms with van der Waals surface area (Å²) in [4.78, 5) is 20.8. The molecule has 138 valence electrons. The maximum atomic E-state index is 12.2. The first-order valence-corrected chi connectivity index (χ1v) is 10.4. The molecule has 1 N–H and O–H groups in total. The van der Waals surface area contributed by atoms with Crippen LogP contribution in [0.3, 0.4) is 0 Å². The van der Waals surface area contributed by atoms with Gasteiger partial charge in [-0.15, -0.1) is 11.3 Å². The number of rotatable bonds is 6. The summed E-state index contributed by atoms with van der Waals surface area (Å²) >= 11 is 3.40. The lowest BCUT2D eigenvalue weighted by Crippen LogP contribution is -2.17. The van der Waals surface area contributed by atoms with Crippen LogP contribution in [0, 0.1) is 0 Å². The molecule has 0 saturated carbocycles. The molecule has 7 heteroatoms. The van der Waals surface area contributed by atoms with Crippen LogP contribution in [0.1, 0.15) is 21.5 Å². The summed E-state index contributed by atoms with van der Waals surface area (Å²) in [5.41, 5.74) is 6.09. The average molecular weight is 405 g/mol. The summed E-state index contributed by atoms with van der Waals surface area (Å²) in [5.74, 6) is 0.562. The number of pyridine rings is 1. The quantitative estimate of drug-likeness (QED) is 0.286. The molecular formula is C21H16N4OS2. The fourth-order valence-corrected chi connectivity index (χ4v) is 4.52. The van der Waals surface area contributed by atoms with Gasteiger partial charge in [0.25, 0.3) is 5.91 Å². The third-order valence-electron chi connectivity index (χ3n) is 3.92. The fraction of sp³-hybridized carbons (Fsp3) is 0.0476. The third kappa shape index (κ3) is 4.62. The SMILES string of the molecule is O=C(NN=Cc1cccnc1)c1ccc(CSc2nc3ccccc3s2)cc1. The van der Waals surface area contributed by atoms with Gasteiger partial charge in [0.2, 0.25) is 0 Å². The van der Waals surface area contributed by atoms with Crippen LogP contribution in [0.25, 0.3) is 10.2 Å². The Kier molecular flexibility index (Phi) is 5.75. The Hall–Kier alpha value is -3.03. The summed E-state index contributed by atoms with van der Waals surface area (Å²) in [5, 5.41) is 3.96. The molecule has 0 radical (unpaired) electrons. The number of carbonyl (C=O) groups is 1. The molecule has 0 unspecified atom stereocenters. The van der Waals surface area contributed by atoms with Gasteiger partial charge in [-0.05, 0) is 35.9 Å². The van der Waals surface area contributed by atoms with Gasteiger partial charge in [0.1, 0.15) is 0 Å². The Balaban J connectivity index is 1.32. The first-order chi connectivity index (χ1) is 13.8. The highest BCUT2D eigenvalue weighted by Crippen LogP contribution is 2.31. The third-order valence-corrected chi connectivity index (χ3v) is 6.17. The lowest BCUT2D eigenvalue weighted by atomic mass is 10.1. The largest absolute Gasteiger partial charge is 0.271 e. The van der Waals surface area contributed by atoms with E-state index >= 15 is 0 Å². The van der Waals surface area contributed by atoms with Crippen molar-refractivity contribution >= 4 is 45.4 Å². The van der Waals surface area contributed by atoms with Crippen molar-refractivity contribution in [3.05, 3.63) is 89.7 Å². The van der Waals surface area contributed by atoms with Gasteiger partial charge >= 0.3 is 0 Å². The van der Waals surface area contributed by atoms with Crippen LogP contribution in [-0.4, -0.2) is 22.1 Å². The number of nitrogens with zero attached hydrogens (tertiary/aromatic N) is 3. The van der Waals surface area contributed by atoms with Gasteiger partial charge in [-0.3, -0.25) is 9.78 Å². The molecule has 0 spiro atoms. The number of hydrazone groups is 1. The van der Waals surface area contributed by atoms with Crippen molar-refractivity contribution in [2.24, 2.45) is 5.10 Å². The van der Waals surface area contributed by atoms with Gasteiger partial charge in [-0.2, -0.15) is 5.10 Å². The number of thiazole rings is 1. The second-order valence-corrected chi connectivity index (χ2v) is 8.17. The van der Waals surface area contributed by atoms with E-state index < -0.39 is 0 Å². The molecule has 28 heavy (non-hydrogen) atoms. The van der Waals surface area contributed by atoms with Crippen molar-refractivity contribution in [3.63, 3.8) is 0 Å². The highest BCUT2D eigenvalue weighted by atomic mass is 32.2. The van der Waals surface area contributed by atoms with Crippen LogP contribution in [0.2, 0.25) is 0 Å². The molecule has 5 nitrogen and oxygen atoms in total. The number of nitrogens with one attached hydrogen (secondary N) is 1. The highest BCUT2D eigenvalue weighted by molar-refractivity contribution is 8.00. The number of hydrogen-bond donors (Lipinski definition) is 1. The van der Waals surface area contributed by atoms with Crippen molar-refractivity contribution in [1.29, 1.82) is 0 Å². The smallest absolute Gasteiger partial charge is 0.267 e. The number of benzene rings is 2. The maximum absolute atomic E-state index is 12.2. The molecule has 4 rings (SSSR count). The van der Waals surface area contributed by atoms with Crippen molar-refractivity contribution in [2.75, 3.05) is 0 Å². The van der Waals surface area contributed by atoms with E-state index in [1.54, 1.807) is 41.7 Å². The number of carbonyl (C=O) groups excluding carboxylic acids is 1. The normalized spacial score (nSPS) is 11.1. The minimum atomic E-state index is -0.245. The molecule has 4 aromatic rings. The summed E-state index contributed by atoms with van der Waals surface area (Å²) in [7, 11) is 0. The molecule has 0 aliphatic carbocycles. The Morgan fingerprint density at radius 3 is 2.75 bits per heavy atom. The lowest BCUT2D eigenvalue weighted by Gasteiger charge is -2.02. The average Bonchev–Trinajstić information content (AvgIpc) is 3.16. The van der Waals surface area contributed by atoms with E-state index in [4.69, 9.17) is 0 Å². The van der Waals surface area contributed by atoms with Gasteiger partial charge in [0.05, 0.1) is 16.4 Å². The predicted molar refractivity (Wildman–Crippen MR) is 115 cm³/mol. The zero-order valence-corrected chi connectivity index (χ0v) is 16.4. The number of hydrogen-bond acceptors (Lipinski definition) is 6. The lowest BCUT2D eigenvalue weighted by molar-refractivity contribution is 0.0955. The van der Waals surface area contributed by atoms with Crippen LogP contribution >= 0.6 is 23.1 Å². The number of amides is 1. The second kappa shape index (κ2) is 8.77. The van der Waals surface area contributed by atoms with Crippen LogP contribution < -0.4 is 5.43 Å².